The van der Waals surface area contributed by atoms with Crippen LogP contribution in [0.1, 0.15) is 17.9 Å². The first kappa shape index (κ1) is 21.2. The van der Waals surface area contributed by atoms with Gasteiger partial charge in [0, 0.05) is 37.7 Å². The van der Waals surface area contributed by atoms with Gasteiger partial charge in [0.1, 0.15) is 11.6 Å². The van der Waals surface area contributed by atoms with Crippen molar-refractivity contribution >= 4 is 18.0 Å². The predicted molar refractivity (Wildman–Crippen MR) is 114 cm³/mol. The van der Waals surface area contributed by atoms with E-state index in [1.165, 1.54) is 30.3 Å². The summed E-state index contributed by atoms with van der Waals surface area (Å²) >= 11 is 1.38. The number of carbonyl (C=O) groups excluding carboxylic acids is 1. The van der Waals surface area contributed by atoms with Crippen LogP contribution in [0.25, 0.3) is 11.1 Å². The molecule has 2 fully saturated rings. The van der Waals surface area contributed by atoms with Crippen molar-refractivity contribution in [3.8, 4) is 11.1 Å². The molecule has 1 aliphatic carbocycles. The van der Waals surface area contributed by atoms with Crippen molar-refractivity contribution in [3.05, 3.63) is 59.7 Å². The number of ether oxygens (including phenoxy) is 1. The number of rotatable bonds is 7. The fourth-order valence-corrected chi connectivity index (χ4v) is 4.51. The highest BCUT2D eigenvalue weighted by atomic mass is 32.2. The number of carbonyl (C=O) groups is 1. The fourth-order valence-electron chi connectivity index (χ4n) is 4.10. The molecular weight excluding hydrogens is 408 g/mol. The Hall–Kier alpha value is -2.00. The van der Waals surface area contributed by atoms with Gasteiger partial charge in [-0.3, -0.25) is 9.52 Å². The quantitative estimate of drug-likeness (QED) is 0.518. The minimum atomic E-state index is -0.589. The van der Waals surface area contributed by atoms with E-state index in [1.807, 2.05) is 24.1 Å². The van der Waals surface area contributed by atoms with Gasteiger partial charge in [-0.05, 0) is 42.6 Å². The van der Waals surface area contributed by atoms with Crippen molar-refractivity contribution in [2.75, 3.05) is 33.3 Å². The normalized spacial score (nSPS) is 23.4. The standard InChI is InChI=1S/C22H25F2N3O2S/c1-25-30-26-12-14-13-27(9-10-29-14)22(28)18-11-17(18)15-5-2-3-6-16(15)21-19(23)7-4-8-20(21)24/h2-8,14,17-18,25-26H,9-13H2,1H3/t14-,17-,18+/m0/s1. The topological polar surface area (TPSA) is 53.6 Å². The zero-order chi connectivity index (χ0) is 21.1. The predicted octanol–water partition coefficient (Wildman–Crippen LogP) is 3.33. The Balaban J connectivity index is 1.47. The van der Waals surface area contributed by atoms with Crippen molar-refractivity contribution in [2.45, 2.75) is 18.4 Å². The molecule has 2 N–H and O–H groups in total. The van der Waals surface area contributed by atoms with Gasteiger partial charge in [-0.25, -0.2) is 13.5 Å². The highest BCUT2D eigenvalue weighted by Gasteiger charge is 2.47. The molecule has 0 aromatic heterocycles. The Morgan fingerprint density at radius 3 is 2.73 bits per heavy atom. The molecule has 0 unspecified atom stereocenters. The molecule has 2 aromatic rings. The minimum absolute atomic E-state index is 0.0213. The van der Waals surface area contributed by atoms with Gasteiger partial charge in [-0.2, -0.15) is 0 Å². The third-order valence-electron chi connectivity index (χ3n) is 5.64. The second-order valence-electron chi connectivity index (χ2n) is 7.56. The molecule has 1 saturated heterocycles. The molecule has 4 rings (SSSR count). The Bertz CT molecular complexity index is 893. The largest absolute Gasteiger partial charge is 0.373 e. The first-order valence-corrected chi connectivity index (χ1v) is 10.9. The third-order valence-corrected chi connectivity index (χ3v) is 6.15. The van der Waals surface area contributed by atoms with Crippen LogP contribution in [0.3, 0.4) is 0 Å². The lowest BCUT2D eigenvalue weighted by Crippen LogP contribution is -2.49. The van der Waals surface area contributed by atoms with Crippen LogP contribution in [0, 0.1) is 17.6 Å². The number of hydrogen-bond donors (Lipinski definition) is 2. The van der Waals surface area contributed by atoms with Gasteiger partial charge in [0.2, 0.25) is 5.91 Å². The van der Waals surface area contributed by atoms with Crippen LogP contribution in [-0.4, -0.2) is 50.2 Å². The molecule has 1 saturated carbocycles. The number of benzene rings is 2. The van der Waals surface area contributed by atoms with Crippen molar-refractivity contribution in [1.82, 2.24) is 14.3 Å². The van der Waals surface area contributed by atoms with Gasteiger partial charge in [-0.15, -0.1) is 0 Å². The zero-order valence-corrected chi connectivity index (χ0v) is 17.6. The molecule has 1 heterocycles. The highest BCUT2D eigenvalue weighted by Crippen LogP contribution is 2.51. The van der Waals surface area contributed by atoms with Crippen LogP contribution < -0.4 is 9.44 Å². The highest BCUT2D eigenvalue weighted by molar-refractivity contribution is 7.95. The Kier molecular flexibility index (Phi) is 6.67. The Labute approximate surface area is 179 Å². The van der Waals surface area contributed by atoms with E-state index >= 15 is 0 Å². The van der Waals surface area contributed by atoms with Crippen LogP contribution in [0.5, 0.6) is 0 Å². The SMILES string of the molecule is CNSNC[C@H]1CN(C(=O)[C@@H]2C[C@H]2c2ccccc2-c2c(F)cccc2F)CCO1. The number of halogens is 2. The van der Waals surface area contributed by atoms with E-state index in [9.17, 15) is 13.6 Å². The lowest BCUT2D eigenvalue weighted by molar-refractivity contribution is -0.139. The number of nitrogens with one attached hydrogen (secondary N) is 2. The van der Waals surface area contributed by atoms with E-state index in [2.05, 4.69) is 9.44 Å². The van der Waals surface area contributed by atoms with E-state index in [0.717, 1.165) is 5.56 Å². The smallest absolute Gasteiger partial charge is 0.226 e. The van der Waals surface area contributed by atoms with E-state index < -0.39 is 11.6 Å². The maximum Gasteiger partial charge on any atom is 0.226 e. The Morgan fingerprint density at radius 2 is 1.97 bits per heavy atom. The number of morpholine rings is 1. The summed E-state index contributed by atoms with van der Waals surface area (Å²) in [5.74, 6) is -1.26. The third kappa shape index (κ3) is 4.51. The molecule has 160 valence electrons. The van der Waals surface area contributed by atoms with Crippen molar-refractivity contribution < 1.29 is 18.3 Å². The van der Waals surface area contributed by atoms with E-state index in [4.69, 9.17) is 4.74 Å². The summed E-state index contributed by atoms with van der Waals surface area (Å²) in [6.45, 7) is 2.26. The summed E-state index contributed by atoms with van der Waals surface area (Å²) in [4.78, 5) is 14.9. The molecule has 1 aliphatic heterocycles. The van der Waals surface area contributed by atoms with Gasteiger partial charge in [0.15, 0.2) is 0 Å². The van der Waals surface area contributed by atoms with Crippen LogP contribution in [0.4, 0.5) is 8.78 Å². The van der Waals surface area contributed by atoms with Crippen LogP contribution >= 0.6 is 12.1 Å². The van der Waals surface area contributed by atoms with E-state index in [0.29, 0.717) is 38.2 Å². The molecule has 3 atom stereocenters. The van der Waals surface area contributed by atoms with Gasteiger partial charge in [0.25, 0.3) is 0 Å². The number of amides is 1. The maximum absolute atomic E-state index is 14.4. The monoisotopic (exact) mass is 433 g/mol. The molecule has 0 radical (unpaired) electrons. The summed E-state index contributed by atoms with van der Waals surface area (Å²) in [7, 11) is 1.83. The zero-order valence-electron chi connectivity index (χ0n) is 16.7. The van der Waals surface area contributed by atoms with Crippen LogP contribution in [0.15, 0.2) is 42.5 Å². The summed E-state index contributed by atoms with van der Waals surface area (Å²) in [6, 6.07) is 11.1. The molecule has 2 aliphatic rings. The molecular formula is C22H25F2N3O2S. The second kappa shape index (κ2) is 9.43. The molecule has 5 nitrogen and oxygen atoms in total. The Morgan fingerprint density at radius 1 is 1.20 bits per heavy atom. The fraction of sp³-hybridized carbons (Fsp3) is 0.409. The summed E-state index contributed by atoms with van der Waals surface area (Å²) in [5.41, 5.74) is 1.34. The van der Waals surface area contributed by atoms with Gasteiger partial charge < -0.3 is 9.64 Å². The molecule has 0 spiro atoms. The minimum Gasteiger partial charge on any atom is -0.373 e. The van der Waals surface area contributed by atoms with Crippen LogP contribution in [0.2, 0.25) is 0 Å². The second-order valence-corrected chi connectivity index (χ2v) is 8.47. The number of nitrogens with zero attached hydrogens (tertiary/aromatic N) is 1. The summed E-state index contributed by atoms with van der Waals surface area (Å²) < 4.78 is 40.6. The van der Waals surface area contributed by atoms with Gasteiger partial charge in [0.05, 0.1) is 18.3 Å². The van der Waals surface area contributed by atoms with E-state index in [1.54, 1.807) is 12.1 Å². The molecule has 0 bridgehead atoms. The summed E-state index contributed by atoms with van der Waals surface area (Å²) in [6.07, 6.45) is 0.641. The summed E-state index contributed by atoms with van der Waals surface area (Å²) in [5, 5.41) is 0. The first-order chi connectivity index (χ1) is 14.6. The van der Waals surface area contributed by atoms with Crippen molar-refractivity contribution in [3.63, 3.8) is 0 Å². The van der Waals surface area contributed by atoms with Gasteiger partial charge in [-0.1, -0.05) is 30.3 Å². The first-order valence-electron chi connectivity index (χ1n) is 10.1. The molecule has 30 heavy (non-hydrogen) atoms. The molecule has 8 heteroatoms. The van der Waals surface area contributed by atoms with Crippen molar-refractivity contribution in [1.29, 1.82) is 0 Å². The van der Waals surface area contributed by atoms with E-state index in [-0.39, 0.29) is 29.4 Å². The lowest BCUT2D eigenvalue weighted by Gasteiger charge is -2.33. The average Bonchev–Trinajstić information content (AvgIpc) is 3.55. The molecule has 1 amide bonds. The number of hydrogen-bond acceptors (Lipinski definition) is 5. The maximum atomic E-state index is 14.4. The van der Waals surface area contributed by atoms with Gasteiger partial charge >= 0.3 is 0 Å². The van der Waals surface area contributed by atoms with Crippen LogP contribution in [-0.2, 0) is 9.53 Å². The lowest BCUT2D eigenvalue weighted by atomic mass is 9.95. The van der Waals surface area contributed by atoms with Crippen molar-refractivity contribution in [2.24, 2.45) is 5.92 Å². The average molecular weight is 434 g/mol. The molecule has 2 aromatic carbocycles.